The maximum Gasteiger partial charge on any atom is 0.230 e. The quantitative estimate of drug-likeness (QED) is 0.566. The van der Waals surface area contributed by atoms with Gasteiger partial charge in [0.15, 0.2) is 5.82 Å². The first-order valence-electron chi connectivity index (χ1n) is 12.5. The van der Waals surface area contributed by atoms with E-state index < -0.39 is 5.97 Å². The second-order valence-corrected chi connectivity index (χ2v) is 11.0. The fourth-order valence-electron chi connectivity index (χ4n) is 5.85. The largest absolute Gasteiger partial charge is 0.550 e. The van der Waals surface area contributed by atoms with Crippen LogP contribution in [0.1, 0.15) is 128 Å². The fourth-order valence-corrected chi connectivity index (χ4v) is 5.85. The summed E-state index contributed by atoms with van der Waals surface area (Å²) < 4.78 is 5.51. The highest BCUT2D eigenvalue weighted by Gasteiger charge is 2.41. The highest BCUT2D eigenvalue weighted by Crippen LogP contribution is 2.53. The molecule has 2 saturated carbocycles. The van der Waals surface area contributed by atoms with Gasteiger partial charge in [-0.25, -0.2) is 0 Å². The van der Waals surface area contributed by atoms with E-state index in [1.54, 1.807) is 0 Å². The Hall–Kier alpha value is -1.43. The van der Waals surface area contributed by atoms with Crippen molar-refractivity contribution < 1.29 is 14.4 Å². The first kappa shape index (κ1) is 24.2. The highest BCUT2D eigenvalue weighted by atomic mass is 16.5. The Morgan fingerprint density at radius 2 is 1.84 bits per heavy atom. The number of aromatic nitrogens is 2. The molecule has 0 aromatic carbocycles. The Labute approximate surface area is 188 Å². The molecule has 2 fully saturated rings. The van der Waals surface area contributed by atoms with Crippen molar-refractivity contribution in [3.05, 3.63) is 11.7 Å². The number of aliphatic carboxylic acids is 1. The van der Waals surface area contributed by atoms with Gasteiger partial charge in [0.05, 0.1) is 6.54 Å². The topological polar surface area (TPSA) is 91.1 Å². The smallest absolute Gasteiger partial charge is 0.230 e. The average molecular weight is 433 g/mol. The first-order valence-corrected chi connectivity index (χ1v) is 12.5. The average Bonchev–Trinajstić information content (AvgIpc) is 3.21. The van der Waals surface area contributed by atoms with Crippen LogP contribution >= 0.6 is 0 Å². The fraction of sp³-hybridized carbons (Fsp3) is 0.880. The third kappa shape index (κ3) is 6.77. The molecule has 0 bridgehead atoms. The molecule has 6 heteroatoms. The van der Waals surface area contributed by atoms with Crippen molar-refractivity contribution in [2.45, 2.75) is 129 Å². The lowest BCUT2D eigenvalue weighted by Gasteiger charge is -2.48. The molecular weight excluding hydrogens is 390 g/mol. The second-order valence-electron chi connectivity index (χ2n) is 11.0. The molecule has 0 saturated heterocycles. The van der Waals surface area contributed by atoms with E-state index in [1.807, 2.05) is 0 Å². The van der Waals surface area contributed by atoms with E-state index in [1.165, 1.54) is 64.2 Å². The molecule has 0 aliphatic heterocycles. The summed E-state index contributed by atoms with van der Waals surface area (Å²) >= 11 is 0. The highest BCUT2D eigenvalue weighted by molar-refractivity contribution is 5.65. The zero-order valence-electron chi connectivity index (χ0n) is 19.9. The van der Waals surface area contributed by atoms with Gasteiger partial charge in [-0.15, -0.1) is 0 Å². The van der Waals surface area contributed by atoms with Gasteiger partial charge in [0.2, 0.25) is 5.89 Å². The lowest BCUT2D eigenvalue weighted by molar-refractivity contribution is -0.306. The summed E-state index contributed by atoms with van der Waals surface area (Å²) in [5, 5.41) is 19.0. The first-order chi connectivity index (χ1) is 14.8. The van der Waals surface area contributed by atoms with Crippen LogP contribution in [0.3, 0.4) is 0 Å². The van der Waals surface area contributed by atoms with E-state index >= 15 is 0 Å². The van der Waals surface area contributed by atoms with E-state index in [9.17, 15) is 9.90 Å². The Balaban J connectivity index is 1.57. The molecule has 2 aliphatic rings. The standard InChI is InChI=1S/C25H43N3O3/c1-24(2,3)25(14-8-5-9-15-25)16-10-11-19(17-22(29)30)23-27-21(28-31-23)18-26-20-12-6-4-7-13-20/h19-20,26H,4-18H2,1-3H3,(H,29,30)/p-1. The summed E-state index contributed by atoms with van der Waals surface area (Å²) in [5.41, 5.74) is 0.612. The molecule has 1 aromatic rings. The molecule has 1 unspecified atom stereocenters. The molecule has 31 heavy (non-hydrogen) atoms. The van der Waals surface area contributed by atoms with E-state index in [0.29, 0.717) is 29.7 Å². The maximum atomic E-state index is 11.4. The van der Waals surface area contributed by atoms with Crippen LogP contribution in [0.2, 0.25) is 0 Å². The van der Waals surface area contributed by atoms with Crippen LogP contribution in [0.5, 0.6) is 0 Å². The summed E-state index contributed by atoms with van der Waals surface area (Å²) in [6.45, 7) is 7.67. The van der Waals surface area contributed by atoms with Crippen LogP contribution in [0.25, 0.3) is 0 Å². The van der Waals surface area contributed by atoms with Gasteiger partial charge in [-0.05, 0) is 55.8 Å². The molecule has 3 rings (SSSR count). The molecule has 0 spiro atoms. The molecule has 1 N–H and O–H groups in total. The van der Waals surface area contributed by atoms with Crippen LogP contribution < -0.4 is 10.4 Å². The zero-order valence-corrected chi connectivity index (χ0v) is 19.9. The summed E-state index contributed by atoms with van der Waals surface area (Å²) in [5.74, 6) is -0.227. The van der Waals surface area contributed by atoms with Crippen LogP contribution in [0.4, 0.5) is 0 Å². The Kier molecular flexibility index (Phi) is 8.54. The van der Waals surface area contributed by atoms with Gasteiger partial charge in [0, 0.05) is 17.9 Å². The van der Waals surface area contributed by atoms with Gasteiger partial charge < -0.3 is 19.7 Å². The number of carboxylic acid groups (broad SMARTS) is 1. The lowest BCUT2D eigenvalue weighted by atomic mass is 9.57. The monoisotopic (exact) mass is 432 g/mol. The van der Waals surface area contributed by atoms with Crippen LogP contribution in [-0.4, -0.2) is 22.2 Å². The van der Waals surface area contributed by atoms with Crippen molar-refractivity contribution in [2.24, 2.45) is 10.8 Å². The summed E-state index contributed by atoms with van der Waals surface area (Å²) in [4.78, 5) is 15.9. The number of nitrogens with zero attached hydrogens (tertiary/aromatic N) is 2. The van der Waals surface area contributed by atoms with Crippen molar-refractivity contribution >= 4 is 5.97 Å². The van der Waals surface area contributed by atoms with Crippen molar-refractivity contribution in [2.75, 3.05) is 0 Å². The van der Waals surface area contributed by atoms with Crippen LogP contribution in [0.15, 0.2) is 4.52 Å². The van der Waals surface area contributed by atoms with Crippen molar-refractivity contribution in [3.8, 4) is 0 Å². The second kappa shape index (κ2) is 10.9. The number of carbonyl (C=O) groups is 1. The van der Waals surface area contributed by atoms with Crippen LogP contribution in [-0.2, 0) is 11.3 Å². The number of carbonyl (C=O) groups excluding carboxylic acids is 1. The summed E-state index contributed by atoms with van der Waals surface area (Å²) in [7, 11) is 0. The van der Waals surface area contributed by atoms with E-state index in [4.69, 9.17) is 4.52 Å². The normalized spacial score (nSPS) is 21.1. The van der Waals surface area contributed by atoms with Gasteiger partial charge in [-0.1, -0.05) is 70.9 Å². The Morgan fingerprint density at radius 1 is 1.16 bits per heavy atom. The van der Waals surface area contributed by atoms with Crippen LogP contribution in [0, 0.1) is 10.8 Å². The van der Waals surface area contributed by atoms with Gasteiger partial charge in [0.1, 0.15) is 0 Å². The number of nitrogens with one attached hydrogen (secondary N) is 1. The maximum absolute atomic E-state index is 11.4. The number of hydrogen-bond donors (Lipinski definition) is 1. The predicted molar refractivity (Wildman–Crippen MR) is 119 cm³/mol. The Bertz CT molecular complexity index is 682. The van der Waals surface area contributed by atoms with Gasteiger partial charge in [-0.2, -0.15) is 4.98 Å². The minimum absolute atomic E-state index is 0.0554. The van der Waals surface area contributed by atoms with Crippen molar-refractivity contribution in [1.29, 1.82) is 0 Å². The number of carboxylic acids is 1. The molecule has 2 aliphatic carbocycles. The minimum Gasteiger partial charge on any atom is -0.550 e. The molecular formula is C25H42N3O3-. The molecule has 1 heterocycles. The lowest BCUT2D eigenvalue weighted by Crippen LogP contribution is -2.37. The van der Waals surface area contributed by atoms with Crippen molar-refractivity contribution in [3.63, 3.8) is 0 Å². The molecule has 0 radical (unpaired) electrons. The predicted octanol–water partition coefficient (Wildman–Crippen LogP) is 4.88. The number of hydrogen-bond acceptors (Lipinski definition) is 6. The van der Waals surface area contributed by atoms with E-state index in [0.717, 1.165) is 19.3 Å². The minimum atomic E-state index is -1.05. The third-order valence-corrected chi connectivity index (χ3v) is 8.01. The van der Waals surface area contributed by atoms with Gasteiger partial charge in [0.25, 0.3) is 0 Å². The third-order valence-electron chi connectivity index (χ3n) is 8.01. The molecule has 176 valence electrons. The van der Waals surface area contributed by atoms with E-state index in [2.05, 4.69) is 36.2 Å². The summed E-state index contributed by atoms with van der Waals surface area (Å²) in [6, 6.07) is 0.527. The zero-order chi connectivity index (χ0) is 22.3. The van der Waals surface area contributed by atoms with Gasteiger partial charge >= 0.3 is 0 Å². The SMILES string of the molecule is CC(C)(C)C1(CCCC(CC(=O)[O-])c2nc(CNC3CCCCC3)no2)CCCCC1. The van der Waals surface area contributed by atoms with Gasteiger partial charge in [-0.3, -0.25) is 0 Å². The molecule has 0 amide bonds. The van der Waals surface area contributed by atoms with E-state index in [-0.39, 0.29) is 17.8 Å². The number of rotatable bonds is 10. The van der Waals surface area contributed by atoms with Crippen molar-refractivity contribution in [1.82, 2.24) is 15.5 Å². The molecule has 6 nitrogen and oxygen atoms in total. The molecule has 1 atom stereocenters. The summed E-state index contributed by atoms with van der Waals surface area (Å²) in [6.07, 6.45) is 15.6. The Morgan fingerprint density at radius 3 is 2.48 bits per heavy atom. The molecule has 1 aromatic heterocycles.